The van der Waals surface area contributed by atoms with E-state index in [1.54, 1.807) is 12.4 Å². The van der Waals surface area contributed by atoms with Crippen LogP contribution in [0.5, 0.6) is 0 Å². The molecule has 0 spiro atoms. The number of carbonyl (C=O) groups is 1. The Kier molecular flexibility index (Phi) is 4.35. The van der Waals surface area contributed by atoms with Crippen LogP contribution in [0.3, 0.4) is 0 Å². The van der Waals surface area contributed by atoms with E-state index >= 15 is 0 Å². The number of nitrogens with one attached hydrogen (secondary N) is 1. The number of fused-ring (bicyclic) bond motifs is 1. The average Bonchev–Trinajstić information content (AvgIpc) is 3.11. The SMILES string of the molecule is Cc1ccccc1CNC(=O)c1cnc(N2CCc3ccccc32)nc1. The van der Waals surface area contributed by atoms with Crippen molar-refractivity contribution in [2.24, 2.45) is 0 Å². The standard InChI is InChI=1S/C21H20N4O/c1-15-6-2-3-8-17(15)12-22-20(26)18-13-23-21(24-14-18)25-11-10-16-7-4-5-9-19(16)25/h2-9,13-14H,10-12H2,1H3,(H,22,26). The van der Waals surface area contributed by atoms with Gasteiger partial charge in [0.05, 0.1) is 5.56 Å². The summed E-state index contributed by atoms with van der Waals surface area (Å²) in [4.78, 5) is 23.3. The van der Waals surface area contributed by atoms with Crippen molar-refractivity contribution in [2.75, 3.05) is 11.4 Å². The van der Waals surface area contributed by atoms with E-state index in [0.717, 1.165) is 29.8 Å². The van der Waals surface area contributed by atoms with Gasteiger partial charge in [-0.25, -0.2) is 9.97 Å². The molecule has 0 atom stereocenters. The minimum Gasteiger partial charge on any atom is -0.348 e. The lowest BCUT2D eigenvalue weighted by atomic mass is 10.1. The molecule has 26 heavy (non-hydrogen) atoms. The minimum atomic E-state index is -0.165. The van der Waals surface area contributed by atoms with Crippen LogP contribution in [0, 0.1) is 6.92 Å². The van der Waals surface area contributed by atoms with E-state index in [0.29, 0.717) is 18.1 Å². The van der Waals surface area contributed by atoms with Gasteiger partial charge in [-0.2, -0.15) is 0 Å². The summed E-state index contributed by atoms with van der Waals surface area (Å²) < 4.78 is 0. The molecule has 2 aromatic carbocycles. The van der Waals surface area contributed by atoms with E-state index in [9.17, 15) is 4.79 Å². The van der Waals surface area contributed by atoms with Crippen molar-refractivity contribution in [1.29, 1.82) is 0 Å². The molecule has 1 aromatic heterocycles. The topological polar surface area (TPSA) is 58.1 Å². The van der Waals surface area contributed by atoms with Crippen molar-refractivity contribution in [2.45, 2.75) is 19.9 Å². The molecule has 0 unspecified atom stereocenters. The van der Waals surface area contributed by atoms with Gasteiger partial charge in [0.2, 0.25) is 5.95 Å². The summed E-state index contributed by atoms with van der Waals surface area (Å²) >= 11 is 0. The summed E-state index contributed by atoms with van der Waals surface area (Å²) in [7, 11) is 0. The molecule has 1 aliphatic rings. The van der Waals surface area contributed by atoms with Crippen LogP contribution in [-0.2, 0) is 13.0 Å². The number of benzene rings is 2. The van der Waals surface area contributed by atoms with Crippen LogP contribution in [0.15, 0.2) is 60.9 Å². The van der Waals surface area contributed by atoms with Crippen LogP contribution in [0.2, 0.25) is 0 Å². The molecule has 0 saturated carbocycles. The maximum atomic E-state index is 12.4. The van der Waals surface area contributed by atoms with Crippen molar-refractivity contribution < 1.29 is 4.79 Å². The lowest BCUT2D eigenvalue weighted by Crippen LogP contribution is -2.24. The molecule has 4 rings (SSSR count). The van der Waals surface area contributed by atoms with Gasteiger partial charge in [0.15, 0.2) is 0 Å². The fourth-order valence-corrected chi connectivity index (χ4v) is 3.21. The first kappa shape index (κ1) is 16.3. The summed E-state index contributed by atoms with van der Waals surface area (Å²) in [5.41, 5.74) is 5.18. The molecule has 1 amide bonds. The summed E-state index contributed by atoms with van der Waals surface area (Å²) in [6.45, 7) is 3.39. The molecule has 5 nitrogen and oxygen atoms in total. The van der Waals surface area contributed by atoms with Crippen molar-refractivity contribution >= 4 is 17.5 Å². The third-order valence-electron chi connectivity index (χ3n) is 4.73. The molecule has 3 aromatic rings. The van der Waals surface area contributed by atoms with Crippen molar-refractivity contribution in [3.63, 3.8) is 0 Å². The van der Waals surface area contributed by atoms with Crippen LogP contribution in [0.25, 0.3) is 0 Å². The number of carbonyl (C=O) groups excluding carboxylic acids is 1. The normalized spacial score (nSPS) is 12.7. The number of aryl methyl sites for hydroxylation is 1. The lowest BCUT2D eigenvalue weighted by molar-refractivity contribution is 0.0950. The van der Waals surface area contributed by atoms with Gasteiger partial charge in [-0.05, 0) is 36.1 Å². The Balaban J connectivity index is 1.45. The average molecular weight is 344 g/mol. The van der Waals surface area contributed by atoms with Gasteiger partial charge in [0, 0.05) is 31.2 Å². The van der Waals surface area contributed by atoms with E-state index in [2.05, 4.69) is 32.3 Å². The molecular formula is C21H20N4O. The number of aromatic nitrogens is 2. The summed E-state index contributed by atoms with van der Waals surface area (Å²) in [5, 5.41) is 2.93. The molecule has 0 saturated heterocycles. The monoisotopic (exact) mass is 344 g/mol. The highest BCUT2D eigenvalue weighted by Crippen LogP contribution is 2.31. The number of nitrogens with zero attached hydrogens (tertiary/aromatic N) is 3. The van der Waals surface area contributed by atoms with E-state index in [1.165, 1.54) is 5.56 Å². The summed E-state index contributed by atoms with van der Waals surface area (Å²) in [6, 6.07) is 16.3. The van der Waals surface area contributed by atoms with Gasteiger partial charge in [-0.15, -0.1) is 0 Å². The third kappa shape index (κ3) is 3.16. The molecule has 0 fully saturated rings. The first-order valence-corrected chi connectivity index (χ1v) is 8.72. The van der Waals surface area contributed by atoms with Gasteiger partial charge < -0.3 is 10.2 Å². The summed E-state index contributed by atoms with van der Waals surface area (Å²) in [6.07, 6.45) is 4.17. The zero-order valence-corrected chi connectivity index (χ0v) is 14.6. The van der Waals surface area contributed by atoms with Gasteiger partial charge in [0.1, 0.15) is 0 Å². The second-order valence-corrected chi connectivity index (χ2v) is 6.41. The highest BCUT2D eigenvalue weighted by Gasteiger charge is 2.21. The molecule has 1 N–H and O–H groups in total. The highest BCUT2D eigenvalue weighted by atomic mass is 16.1. The second kappa shape index (κ2) is 6.96. The Morgan fingerprint density at radius 3 is 2.62 bits per heavy atom. The van der Waals surface area contributed by atoms with Crippen LogP contribution >= 0.6 is 0 Å². The summed E-state index contributed by atoms with van der Waals surface area (Å²) in [5.74, 6) is 0.465. The first-order valence-electron chi connectivity index (χ1n) is 8.72. The zero-order valence-electron chi connectivity index (χ0n) is 14.6. The Hall–Kier alpha value is -3.21. The van der Waals surface area contributed by atoms with E-state index in [4.69, 9.17) is 0 Å². The van der Waals surface area contributed by atoms with Crippen LogP contribution < -0.4 is 10.2 Å². The molecule has 0 radical (unpaired) electrons. The molecule has 1 aliphatic heterocycles. The quantitative estimate of drug-likeness (QED) is 0.788. The molecule has 2 heterocycles. The van der Waals surface area contributed by atoms with Gasteiger partial charge in [-0.3, -0.25) is 4.79 Å². The Morgan fingerprint density at radius 2 is 1.81 bits per heavy atom. The number of anilines is 2. The van der Waals surface area contributed by atoms with Crippen molar-refractivity contribution in [1.82, 2.24) is 15.3 Å². The van der Waals surface area contributed by atoms with Crippen LogP contribution in [0.1, 0.15) is 27.0 Å². The zero-order chi connectivity index (χ0) is 17.9. The number of rotatable bonds is 4. The number of para-hydroxylation sites is 1. The second-order valence-electron chi connectivity index (χ2n) is 6.41. The predicted octanol–water partition coefficient (Wildman–Crippen LogP) is 3.41. The van der Waals surface area contributed by atoms with Crippen LogP contribution in [-0.4, -0.2) is 22.4 Å². The Morgan fingerprint density at radius 1 is 1.08 bits per heavy atom. The molecular weight excluding hydrogens is 324 g/mol. The van der Waals surface area contributed by atoms with Gasteiger partial charge >= 0.3 is 0 Å². The molecule has 130 valence electrons. The van der Waals surface area contributed by atoms with E-state index < -0.39 is 0 Å². The maximum Gasteiger partial charge on any atom is 0.254 e. The Bertz CT molecular complexity index is 937. The highest BCUT2D eigenvalue weighted by molar-refractivity contribution is 5.93. The van der Waals surface area contributed by atoms with Gasteiger partial charge in [-0.1, -0.05) is 42.5 Å². The third-order valence-corrected chi connectivity index (χ3v) is 4.73. The van der Waals surface area contributed by atoms with Gasteiger partial charge in [0.25, 0.3) is 5.91 Å². The number of amides is 1. The Labute approximate surface area is 152 Å². The molecule has 0 aliphatic carbocycles. The van der Waals surface area contributed by atoms with Crippen LogP contribution in [0.4, 0.5) is 11.6 Å². The van der Waals surface area contributed by atoms with Crippen molar-refractivity contribution in [3.8, 4) is 0 Å². The fraction of sp³-hybridized carbons (Fsp3) is 0.190. The molecule has 5 heteroatoms. The number of hydrogen-bond donors (Lipinski definition) is 1. The number of hydrogen-bond acceptors (Lipinski definition) is 4. The lowest BCUT2D eigenvalue weighted by Gasteiger charge is -2.17. The minimum absolute atomic E-state index is 0.165. The van der Waals surface area contributed by atoms with Crippen molar-refractivity contribution in [3.05, 3.63) is 83.2 Å². The fourth-order valence-electron chi connectivity index (χ4n) is 3.21. The van der Waals surface area contributed by atoms with E-state index in [-0.39, 0.29) is 5.91 Å². The van der Waals surface area contributed by atoms with E-state index in [1.807, 2.05) is 43.3 Å². The smallest absolute Gasteiger partial charge is 0.254 e. The predicted molar refractivity (Wildman–Crippen MR) is 102 cm³/mol. The maximum absolute atomic E-state index is 12.4. The molecule has 0 bridgehead atoms. The largest absolute Gasteiger partial charge is 0.348 e. The first-order chi connectivity index (χ1) is 12.7.